The molecule has 0 spiro atoms. The third-order valence-electron chi connectivity index (χ3n) is 8.22. The lowest BCUT2D eigenvalue weighted by atomic mass is 9.90. The zero-order valence-electron chi connectivity index (χ0n) is 23.2. The molecule has 0 saturated carbocycles. The van der Waals surface area contributed by atoms with Crippen molar-refractivity contribution in [2.45, 2.75) is 57.4 Å². The van der Waals surface area contributed by atoms with Gasteiger partial charge in [-0.3, -0.25) is 4.90 Å². The summed E-state index contributed by atoms with van der Waals surface area (Å²) in [6, 6.07) is 15.3. The van der Waals surface area contributed by atoms with Crippen LogP contribution in [0.5, 0.6) is 5.88 Å². The van der Waals surface area contributed by atoms with Crippen LogP contribution in [0.2, 0.25) is 0 Å². The maximum Gasteiger partial charge on any atom is 0.335 e. The summed E-state index contributed by atoms with van der Waals surface area (Å²) >= 11 is 0. The van der Waals surface area contributed by atoms with Crippen LogP contribution in [0.3, 0.4) is 0 Å². The van der Waals surface area contributed by atoms with Crippen molar-refractivity contribution in [3.05, 3.63) is 88.6 Å². The number of likely N-dealkylation sites (tertiary alicyclic amines) is 1. The molecule has 0 aliphatic carbocycles. The van der Waals surface area contributed by atoms with Gasteiger partial charge in [0.25, 0.3) is 0 Å². The summed E-state index contributed by atoms with van der Waals surface area (Å²) in [5.41, 5.74) is 3.53. The molecule has 2 aromatic heterocycles. The number of nitriles is 1. The molecule has 42 heavy (non-hydrogen) atoms. The van der Waals surface area contributed by atoms with E-state index in [4.69, 9.17) is 19.7 Å². The molecule has 0 bridgehead atoms. The number of piperidine rings is 1. The van der Waals surface area contributed by atoms with Crippen LogP contribution in [-0.2, 0) is 24.4 Å². The largest absolute Gasteiger partial charge is 0.478 e. The quantitative estimate of drug-likeness (QED) is 0.290. The number of carboxylic acid groups (broad SMARTS) is 1. The number of ether oxygens (including phenoxy) is 2. The van der Waals surface area contributed by atoms with Crippen LogP contribution in [0.4, 0.5) is 4.39 Å². The molecule has 0 amide bonds. The Hall–Kier alpha value is -4.33. The second-order valence-corrected chi connectivity index (χ2v) is 10.9. The van der Waals surface area contributed by atoms with Gasteiger partial charge in [0.15, 0.2) is 0 Å². The highest BCUT2D eigenvalue weighted by molar-refractivity contribution is 5.92. The predicted molar refractivity (Wildman–Crippen MR) is 153 cm³/mol. The van der Waals surface area contributed by atoms with Crippen LogP contribution in [0.25, 0.3) is 11.0 Å². The van der Waals surface area contributed by atoms with Crippen LogP contribution < -0.4 is 4.74 Å². The number of pyridine rings is 1. The van der Waals surface area contributed by atoms with E-state index >= 15 is 0 Å². The number of nitrogens with zero attached hydrogens (tertiary/aromatic N) is 5. The van der Waals surface area contributed by atoms with Gasteiger partial charge in [-0.15, -0.1) is 0 Å². The van der Waals surface area contributed by atoms with Crippen LogP contribution in [0.1, 0.15) is 64.5 Å². The van der Waals surface area contributed by atoms with E-state index in [1.807, 2.05) is 18.2 Å². The van der Waals surface area contributed by atoms with Gasteiger partial charge in [-0.2, -0.15) is 5.26 Å². The van der Waals surface area contributed by atoms with Crippen molar-refractivity contribution in [1.29, 1.82) is 5.26 Å². The molecule has 4 heterocycles. The maximum atomic E-state index is 14.4. The van der Waals surface area contributed by atoms with Gasteiger partial charge >= 0.3 is 5.97 Å². The van der Waals surface area contributed by atoms with Gasteiger partial charge in [-0.05, 0) is 81.1 Å². The molecule has 2 aromatic carbocycles. The normalized spacial score (nSPS) is 17.9. The number of halogens is 1. The standard InChI is InChI=1S/C32H32FN5O4/c33-27-15-21(17-34)5-6-24(27)20-42-31-26(4-1-11-35-31)22-9-12-37(13-10-22)19-30-36-28-8-7-23(32(39)40)16-29(28)38(30)18-25-3-2-14-41-25/h1,4-8,11,15-16,22,25H,2-3,9-10,12-14,18-20H2,(H,39,40). The first-order chi connectivity index (χ1) is 20.5. The molecule has 4 aromatic rings. The topological polar surface area (TPSA) is 114 Å². The van der Waals surface area contributed by atoms with Crippen molar-refractivity contribution >= 4 is 17.0 Å². The van der Waals surface area contributed by atoms with Crippen molar-refractivity contribution < 1.29 is 23.8 Å². The summed E-state index contributed by atoms with van der Waals surface area (Å²) in [6.07, 6.45) is 5.60. The SMILES string of the molecule is N#Cc1ccc(COc2ncccc2C2CCN(Cc3nc4ccc(C(=O)O)cc4n3CC3CCCO3)CC2)c(F)c1. The fraction of sp³-hybridized carbons (Fsp3) is 0.375. The van der Waals surface area contributed by atoms with Gasteiger partial charge in [0.2, 0.25) is 5.88 Å². The Balaban J connectivity index is 1.14. The smallest absolute Gasteiger partial charge is 0.335 e. The Bertz CT molecular complexity index is 1630. The molecule has 2 aliphatic heterocycles. The van der Waals surface area contributed by atoms with Crippen molar-refractivity contribution in [3.8, 4) is 11.9 Å². The van der Waals surface area contributed by atoms with E-state index in [0.29, 0.717) is 24.5 Å². The number of hydrogen-bond acceptors (Lipinski definition) is 7. The molecule has 2 fully saturated rings. The summed E-state index contributed by atoms with van der Waals surface area (Å²) < 4.78 is 28.4. The van der Waals surface area contributed by atoms with E-state index < -0.39 is 11.8 Å². The highest BCUT2D eigenvalue weighted by atomic mass is 19.1. The minimum Gasteiger partial charge on any atom is -0.478 e. The molecule has 9 nitrogen and oxygen atoms in total. The third-order valence-corrected chi connectivity index (χ3v) is 8.22. The first-order valence-corrected chi connectivity index (χ1v) is 14.3. The van der Waals surface area contributed by atoms with Crippen LogP contribution >= 0.6 is 0 Å². The first-order valence-electron chi connectivity index (χ1n) is 14.3. The molecular formula is C32H32FN5O4. The Labute approximate surface area is 243 Å². The Morgan fingerprint density at radius 1 is 1.17 bits per heavy atom. The average Bonchev–Trinajstić information content (AvgIpc) is 3.65. The second-order valence-electron chi connectivity index (χ2n) is 10.9. The zero-order chi connectivity index (χ0) is 29.1. The van der Waals surface area contributed by atoms with E-state index in [9.17, 15) is 14.3 Å². The maximum absolute atomic E-state index is 14.4. The monoisotopic (exact) mass is 569 g/mol. The van der Waals surface area contributed by atoms with Gasteiger partial charge in [0.1, 0.15) is 18.2 Å². The Kier molecular flexibility index (Phi) is 8.13. The van der Waals surface area contributed by atoms with Crippen LogP contribution in [0, 0.1) is 17.1 Å². The zero-order valence-corrected chi connectivity index (χ0v) is 23.2. The number of hydrogen-bond donors (Lipinski definition) is 1. The lowest BCUT2D eigenvalue weighted by Crippen LogP contribution is -2.34. The molecule has 2 saturated heterocycles. The summed E-state index contributed by atoms with van der Waals surface area (Å²) in [6.45, 7) is 3.81. The molecule has 2 aliphatic rings. The minimum atomic E-state index is -0.953. The number of aromatic carboxylic acids is 1. The Morgan fingerprint density at radius 3 is 2.76 bits per heavy atom. The number of carboxylic acids is 1. The van der Waals surface area contributed by atoms with E-state index in [1.165, 1.54) is 6.07 Å². The molecule has 1 N–H and O–H groups in total. The molecular weight excluding hydrogens is 537 g/mol. The summed E-state index contributed by atoms with van der Waals surface area (Å²) in [4.78, 5) is 23.4. The lowest BCUT2D eigenvalue weighted by molar-refractivity contribution is 0.0697. The van der Waals surface area contributed by atoms with Crippen molar-refractivity contribution in [2.75, 3.05) is 19.7 Å². The molecule has 1 unspecified atom stereocenters. The number of rotatable bonds is 9. The number of imidazole rings is 1. The molecule has 6 rings (SSSR count). The van der Waals surface area contributed by atoms with E-state index in [1.54, 1.807) is 36.5 Å². The van der Waals surface area contributed by atoms with E-state index in [0.717, 1.165) is 67.8 Å². The average molecular weight is 570 g/mol. The van der Waals surface area contributed by atoms with Gasteiger partial charge in [-0.25, -0.2) is 19.2 Å². The molecule has 0 radical (unpaired) electrons. The number of benzene rings is 2. The first kappa shape index (κ1) is 27.8. The van der Waals surface area contributed by atoms with Crippen LogP contribution in [-0.4, -0.2) is 56.3 Å². The van der Waals surface area contributed by atoms with Gasteiger partial charge < -0.3 is 19.1 Å². The highest BCUT2D eigenvalue weighted by Crippen LogP contribution is 2.34. The fourth-order valence-electron chi connectivity index (χ4n) is 5.94. The third kappa shape index (κ3) is 5.98. The lowest BCUT2D eigenvalue weighted by Gasteiger charge is -2.32. The highest BCUT2D eigenvalue weighted by Gasteiger charge is 2.26. The predicted octanol–water partition coefficient (Wildman–Crippen LogP) is 5.28. The number of fused-ring (bicyclic) bond motifs is 1. The summed E-state index contributed by atoms with van der Waals surface area (Å²) in [5.74, 6) is 0.249. The van der Waals surface area contributed by atoms with Crippen molar-refractivity contribution in [1.82, 2.24) is 19.4 Å². The Morgan fingerprint density at radius 2 is 2.02 bits per heavy atom. The molecule has 216 valence electrons. The second kappa shape index (κ2) is 12.3. The van der Waals surface area contributed by atoms with Crippen molar-refractivity contribution in [2.24, 2.45) is 0 Å². The fourth-order valence-corrected chi connectivity index (χ4v) is 5.94. The van der Waals surface area contributed by atoms with Gasteiger partial charge in [0, 0.05) is 23.9 Å². The molecule has 1 atom stereocenters. The molecule has 10 heteroatoms. The number of aromatic nitrogens is 3. The summed E-state index contributed by atoms with van der Waals surface area (Å²) in [5, 5.41) is 18.5. The van der Waals surface area contributed by atoms with E-state index in [-0.39, 0.29) is 29.8 Å². The number of carbonyl (C=O) groups is 1. The van der Waals surface area contributed by atoms with E-state index in [2.05, 4.69) is 14.5 Å². The minimum absolute atomic E-state index is 0.0327. The van der Waals surface area contributed by atoms with Crippen LogP contribution in [0.15, 0.2) is 54.7 Å². The summed E-state index contributed by atoms with van der Waals surface area (Å²) in [7, 11) is 0. The van der Waals surface area contributed by atoms with Gasteiger partial charge in [-0.1, -0.05) is 12.1 Å². The van der Waals surface area contributed by atoms with Crippen molar-refractivity contribution in [3.63, 3.8) is 0 Å². The van der Waals surface area contributed by atoms with Gasteiger partial charge in [0.05, 0.1) is 47.4 Å².